The number of nitrogens with one attached hydrogen (secondary N) is 2. The fraction of sp³-hybridized carbons (Fsp3) is 0.909. The highest BCUT2D eigenvalue weighted by Gasteiger charge is 2.04. The van der Waals surface area contributed by atoms with Gasteiger partial charge in [0.05, 0.1) is 0 Å². The van der Waals surface area contributed by atoms with Crippen molar-refractivity contribution in [1.29, 1.82) is 0 Å². The first-order chi connectivity index (χ1) is 6.70. The summed E-state index contributed by atoms with van der Waals surface area (Å²) in [7, 11) is 0. The molecule has 0 aliphatic carbocycles. The maximum absolute atomic E-state index is 11.1. The number of hydrogen-bond donors (Lipinski definition) is 2. The summed E-state index contributed by atoms with van der Waals surface area (Å²) >= 11 is 0. The summed E-state index contributed by atoms with van der Waals surface area (Å²) in [6, 6.07) is 0.244. The number of hydrogen-bond acceptors (Lipinski definition) is 1. The normalized spacial score (nSPS) is 12.2. The van der Waals surface area contributed by atoms with Gasteiger partial charge in [0.2, 0.25) is 0 Å². The largest absolute Gasteiger partial charge is 0.338 e. The van der Waals surface area contributed by atoms with Crippen molar-refractivity contribution in [3.8, 4) is 0 Å². The third-order valence-corrected chi connectivity index (χ3v) is 2.21. The summed E-state index contributed by atoms with van der Waals surface area (Å²) in [6.45, 7) is 6.87. The zero-order chi connectivity index (χ0) is 10.8. The molecular weight excluding hydrogens is 176 g/mol. The molecule has 0 aliphatic heterocycles. The maximum atomic E-state index is 11.1. The van der Waals surface area contributed by atoms with Gasteiger partial charge in [-0.25, -0.2) is 4.79 Å². The lowest BCUT2D eigenvalue weighted by Gasteiger charge is -2.13. The number of urea groups is 1. The Kier molecular flexibility index (Phi) is 8.39. The second-order valence-electron chi connectivity index (χ2n) is 3.75. The molecule has 3 heteroatoms. The van der Waals surface area contributed by atoms with Gasteiger partial charge < -0.3 is 10.6 Å². The average Bonchev–Trinajstić information content (AvgIpc) is 2.13. The Morgan fingerprint density at radius 2 is 1.93 bits per heavy atom. The molecule has 84 valence electrons. The SMILES string of the molecule is CCCCCCC(C)NC(=O)NCC. The van der Waals surface area contributed by atoms with Gasteiger partial charge in [0.1, 0.15) is 0 Å². The molecule has 14 heavy (non-hydrogen) atoms. The first-order valence-corrected chi connectivity index (χ1v) is 5.75. The Morgan fingerprint density at radius 3 is 2.50 bits per heavy atom. The molecular formula is C11H24N2O. The molecule has 0 saturated carbocycles. The van der Waals surface area contributed by atoms with Gasteiger partial charge in [-0.3, -0.25) is 0 Å². The summed E-state index contributed by atoms with van der Waals surface area (Å²) in [5, 5.41) is 5.64. The predicted molar refractivity (Wildman–Crippen MR) is 60.4 cm³/mol. The van der Waals surface area contributed by atoms with Gasteiger partial charge in [0.25, 0.3) is 0 Å². The average molecular weight is 200 g/mol. The monoisotopic (exact) mass is 200 g/mol. The van der Waals surface area contributed by atoms with Crippen LogP contribution in [-0.4, -0.2) is 18.6 Å². The lowest BCUT2D eigenvalue weighted by atomic mass is 10.1. The molecule has 2 amide bonds. The first-order valence-electron chi connectivity index (χ1n) is 5.75. The highest BCUT2D eigenvalue weighted by molar-refractivity contribution is 5.73. The van der Waals surface area contributed by atoms with Crippen molar-refractivity contribution in [3.05, 3.63) is 0 Å². The molecule has 0 rings (SSSR count). The number of carbonyl (C=O) groups is 1. The van der Waals surface area contributed by atoms with Gasteiger partial charge >= 0.3 is 6.03 Å². The van der Waals surface area contributed by atoms with Crippen LogP contribution in [-0.2, 0) is 0 Å². The third-order valence-electron chi connectivity index (χ3n) is 2.21. The lowest BCUT2D eigenvalue weighted by molar-refractivity contribution is 0.237. The van der Waals surface area contributed by atoms with Crippen LogP contribution in [0.25, 0.3) is 0 Å². The van der Waals surface area contributed by atoms with E-state index in [1.165, 1.54) is 25.7 Å². The molecule has 1 atom stereocenters. The van der Waals surface area contributed by atoms with E-state index in [9.17, 15) is 4.79 Å². The fourth-order valence-corrected chi connectivity index (χ4v) is 1.38. The molecule has 0 radical (unpaired) electrons. The molecule has 0 aromatic carbocycles. The Balaban J connectivity index is 3.35. The standard InChI is InChI=1S/C11H24N2O/c1-4-6-7-8-9-10(3)13-11(14)12-5-2/h10H,4-9H2,1-3H3,(H2,12,13,14). The summed E-state index contributed by atoms with van der Waals surface area (Å²) in [6.07, 6.45) is 6.13. The van der Waals surface area contributed by atoms with E-state index < -0.39 is 0 Å². The Hall–Kier alpha value is -0.730. The summed E-state index contributed by atoms with van der Waals surface area (Å²) < 4.78 is 0. The molecule has 0 saturated heterocycles. The van der Waals surface area contributed by atoms with Crippen LogP contribution in [0.5, 0.6) is 0 Å². The van der Waals surface area contributed by atoms with Crippen LogP contribution in [0.3, 0.4) is 0 Å². The van der Waals surface area contributed by atoms with Crippen molar-refractivity contribution in [3.63, 3.8) is 0 Å². The quantitative estimate of drug-likeness (QED) is 0.609. The van der Waals surface area contributed by atoms with Crippen molar-refractivity contribution >= 4 is 6.03 Å². The maximum Gasteiger partial charge on any atom is 0.314 e. The fourth-order valence-electron chi connectivity index (χ4n) is 1.38. The molecule has 3 nitrogen and oxygen atoms in total. The summed E-state index contributed by atoms with van der Waals surface area (Å²) in [5.41, 5.74) is 0. The molecule has 0 heterocycles. The van der Waals surface area contributed by atoms with E-state index in [0.29, 0.717) is 12.6 Å². The Bertz CT molecular complexity index is 148. The molecule has 0 aliphatic rings. The van der Waals surface area contributed by atoms with Crippen LogP contribution in [0.4, 0.5) is 4.79 Å². The van der Waals surface area contributed by atoms with E-state index in [2.05, 4.69) is 24.5 Å². The van der Waals surface area contributed by atoms with Crippen molar-refractivity contribution in [2.45, 2.75) is 58.9 Å². The third kappa shape index (κ3) is 7.90. The molecule has 0 spiro atoms. The van der Waals surface area contributed by atoms with Crippen molar-refractivity contribution in [2.75, 3.05) is 6.54 Å². The minimum absolute atomic E-state index is 0.0458. The smallest absolute Gasteiger partial charge is 0.314 e. The van der Waals surface area contributed by atoms with Gasteiger partial charge in [-0.1, -0.05) is 32.6 Å². The number of rotatable bonds is 7. The van der Waals surface area contributed by atoms with Crippen molar-refractivity contribution < 1.29 is 4.79 Å². The number of carbonyl (C=O) groups excluding carboxylic acids is 1. The predicted octanol–water partition coefficient (Wildman–Crippen LogP) is 2.66. The first kappa shape index (κ1) is 13.3. The zero-order valence-corrected chi connectivity index (χ0v) is 9.73. The minimum Gasteiger partial charge on any atom is -0.338 e. The Labute approximate surface area is 87.6 Å². The van der Waals surface area contributed by atoms with E-state index in [-0.39, 0.29) is 6.03 Å². The van der Waals surface area contributed by atoms with Crippen LogP contribution < -0.4 is 10.6 Å². The molecule has 0 bridgehead atoms. The van der Waals surface area contributed by atoms with Crippen LogP contribution in [0, 0.1) is 0 Å². The van der Waals surface area contributed by atoms with Crippen molar-refractivity contribution in [1.82, 2.24) is 10.6 Å². The minimum atomic E-state index is -0.0458. The summed E-state index contributed by atoms with van der Waals surface area (Å²) in [4.78, 5) is 11.1. The molecule has 0 aromatic rings. The topological polar surface area (TPSA) is 41.1 Å². The van der Waals surface area contributed by atoms with E-state index in [0.717, 1.165) is 6.42 Å². The highest BCUT2D eigenvalue weighted by Crippen LogP contribution is 2.04. The second kappa shape index (κ2) is 8.85. The van der Waals surface area contributed by atoms with Crippen LogP contribution in [0.15, 0.2) is 0 Å². The van der Waals surface area contributed by atoms with E-state index in [1.54, 1.807) is 0 Å². The van der Waals surface area contributed by atoms with Crippen molar-refractivity contribution in [2.24, 2.45) is 0 Å². The van der Waals surface area contributed by atoms with E-state index in [4.69, 9.17) is 0 Å². The molecule has 0 fully saturated rings. The van der Waals surface area contributed by atoms with Crippen LogP contribution in [0.1, 0.15) is 52.9 Å². The number of unbranched alkanes of at least 4 members (excludes halogenated alkanes) is 3. The second-order valence-corrected chi connectivity index (χ2v) is 3.75. The highest BCUT2D eigenvalue weighted by atomic mass is 16.2. The van der Waals surface area contributed by atoms with E-state index >= 15 is 0 Å². The Morgan fingerprint density at radius 1 is 1.21 bits per heavy atom. The lowest BCUT2D eigenvalue weighted by Crippen LogP contribution is -2.40. The molecule has 0 aromatic heterocycles. The van der Waals surface area contributed by atoms with Gasteiger partial charge in [-0.15, -0.1) is 0 Å². The van der Waals surface area contributed by atoms with Gasteiger partial charge in [0.15, 0.2) is 0 Å². The van der Waals surface area contributed by atoms with Crippen LogP contribution >= 0.6 is 0 Å². The van der Waals surface area contributed by atoms with E-state index in [1.807, 2.05) is 6.92 Å². The van der Waals surface area contributed by atoms with Crippen LogP contribution in [0.2, 0.25) is 0 Å². The zero-order valence-electron chi connectivity index (χ0n) is 9.73. The number of amides is 2. The van der Waals surface area contributed by atoms with Gasteiger partial charge in [-0.05, 0) is 20.3 Å². The summed E-state index contributed by atoms with van der Waals surface area (Å²) in [5.74, 6) is 0. The van der Waals surface area contributed by atoms with Gasteiger partial charge in [-0.2, -0.15) is 0 Å². The molecule has 1 unspecified atom stereocenters. The van der Waals surface area contributed by atoms with Gasteiger partial charge in [0, 0.05) is 12.6 Å². The molecule has 2 N–H and O–H groups in total.